The van der Waals surface area contributed by atoms with Crippen LogP contribution in [0.1, 0.15) is 36.7 Å². The molecular formula is C16H20FNO3. The molecule has 1 N–H and O–H groups in total. The van der Waals surface area contributed by atoms with Crippen molar-refractivity contribution in [2.75, 3.05) is 13.6 Å². The first kappa shape index (κ1) is 16.9. The highest BCUT2D eigenvalue weighted by molar-refractivity contribution is 5.95. The SMILES string of the molecule is CN(CC(C)(C)C)C(=O)c1cc(C=CC(=O)O)ccc1F. The zero-order valence-corrected chi connectivity index (χ0v) is 12.7. The molecule has 0 unspecified atom stereocenters. The van der Waals surface area contributed by atoms with Crippen LogP contribution < -0.4 is 0 Å². The summed E-state index contributed by atoms with van der Waals surface area (Å²) in [6.45, 7) is 6.44. The molecule has 0 saturated heterocycles. The van der Waals surface area contributed by atoms with E-state index in [4.69, 9.17) is 5.11 Å². The molecule has 0 bridgehead atoms. The van der Waals surface area contributed by atoms with E-state index in [0.29, 0.717) is 12.1 Å². The van der Waals surface area contributed by atoms with Crippen molar-refractivity contribution >= 4 is 18.0 Å². The van der Waals surface area contributed by atoms with Gasteiger partial charge in [0.15, 0.2) is 0 Å². The van der Waals surface area contributed by atoms with Gasteiger partial charge in [-0.1, -0.05) is 26.8 Å². The van der Waals surface area contributed by atoms with Crippen LogP contribution in [0.2, 0.25) is 0 Å². The van der Waals surface area contributed by atoms with Gasteiger partial charge in [-0.2, -0.15) is 0 Å². The smallest absolute Gasteiger partial charge is 0.328 e. The molecular weight excluding hydrogens is 273 g/mol. The number of carbonyl (C=O) groups is 2. The Kier molecular flexibility index (Phi) is 5.24. The highest BCUT2D eigenvalue weighted by Gasteiger charge is 2.21. The molecule has 0 aliphatic rings. The average molecular weight is 293 g/mol. The second-order valence-electron chi connectivity index (χ2n) is 6.13. The van der Waals surface area contributed by atoms with Gasteiger partial charge in [-0.15, -0.1) is 0 Å². The summed E-state index contributed by atoms with van der Waals surface area (Å²) in [5.74, 6) is -2.14. The maximum atomic E-state index is 13.8. The summed E-state index contributed by atoms with van der Waals surface area (Å²) >= 11 is 0. The van der Waals surface area contributed by atoms with Crippen LogP contribution in [-0.2, 0) is 4.79 Å². The van der Waals surface area contributed by atoms with E-state index in [0.717, 1.165) is 6.08 Å². The molecule has 5 heteroatoms. The lowest BCUT2D eigenvalue weighted by Gasteiger charge is -2.26. The number of aliphatic carboxylic acids is 1. The van der Waals surface area contributed by atoms with Crippen molar-refractivity contribution in [3.8, 4) is 0 Å². The number of rotatable bonds is 4. The number of carboxylic acid groups (broad SMARTS) is 1. The standard InChI is InChI=1S/C16H20FNO3/c1-16(2,3)10-18(4)15(21)12-9-11(5-7-13(12)17)6-8-14(19)20/h5-9H,10H2,1-4H3,(H,19,20). The lowest BCUT2D eigenvalue weighted by atomic mass is 9.96. The van der Waals surface area contributed by atoms with Crippen LogP contribution in [0.25, 0.3) is 6.08 Å². The Bertz CT molecular complexity index is 573. The molecule has 1 rings (SSSR count). The van der Waals surface area contributed by atoms with E-state index in [2.05, 4.69) is 0 Å². The van der Waals surface area contributed by atoms with E-state index in [1.165, 1.54) is 29.2 Å². The minimum absolute atomic E-state index is 0.0608. The first-order valence-corrected chi connectivity index (χ1v) is 6.56. The fraction of sp³-hybridized carbons (Fsp3) is 0.375. The summed E-state index contributed by atoms with van der Waals surface area (Å²) < 4.78 is 13.8. The van der Waals surface area contributed by atoms with E-state index in [-0.39, 0.29) is 11.0 Å². The van der Waals surface area contributed by atoms with Gasteiger partial charge < -0.3 is 10.0 Å². The Morgan fingerprint density at radius 2 is 1.95 bits per heavy atom. The van der Waals surface area contributed by atoms with Crippen LogP contribution >= 0.6 is 0 Å². The highest BCUT2D eigenvalue weighted by Crippen LogP contribution is 2.18. The molecule has 4 nitrogen and oxygen atoms in total. The lowest BCUT2D eigenvalue weighted by molar-refractivity contribution is -0.131. The predicted molar refractivity (Wildman–Crippen MR) is 79.5 cm³/mol. The molecule has 0 aliphatic heterocycles. The molecule has 21 heavy (non-hydrogen) atoms. The third-order valence-electron chi connectivity index (χ3n) is 2.70. The molecule has 0 spiro atoms. The lowest BCUT2D eigenvalue weighted by Crippen LogP contribution is -2.35. The van der Waals surface area contributed by atoms with Crippen molar-refractivity contribution in [1.82, 2.24) is 4.90 Å². The molecule has 1 aromatic carbocycles. The Morgan fingerprint density at radius 1 is 1.33 bits per heavy atom. The molecule has 0 aliphatic carbocycles. The number of carboxylic acids is 1. The predicted octanol–water partition coefficient (Wildman–Crippen LogP) is 3.04. The monoisotopic (exact) mass is 293 g/mol. The normalized spacial score (nSPS) is 11.7. The average Bonchev–Trinajstić information content (AvgIpc) is 2.34. The molecule has 0 atom stereocenters. The van der Waals surface area contributed by atoms with Crippen molar-refractivity contribution < 1.29 is 19.1 Å². The first-order valence-electron chi connectivity index (χ1n) is 6.56. The fourth-order valence-corrected chi connectivity index (χ4v) is 1.97. The number of hydrogen-bond donors (Lipinski definition) is 1. The molecule has 0 aromatic heterocycles. The number of benzene rings is 1. The molecule has 1 amide bonds. The van der Waals surface area contributed by atoms with Gasteiger partial charge in [0.2, 0.25) is 0 Å². The Morgan fingerprint density at radius 3 is 2.48 bits per heavy atom. The largest absolute Gasteiger partial charge is 0.478 e. The zero-order chi connectivity index (χ0) is 16.2. The third-order valence-corrected chi connectivity index (χ3v) is 2.70. The van der Waals surface area contributed by atoms with Gasteiger partial charge in [-0.05, 0) is 29.2 Å². The first-order chi connectivity index (χ1) is 9.60. The van der Waals surface area contributed by atoms with E-state index in [1.807, 2.05) is 20.8 Å². The van der Waals surface area contributed by atoms with Crippen molar-refractivity contribution in [3.63, 3.8) is 0 Å². The van der Waals surface area contributed by atoms with Crippen LogP contribution in [0.15, 0.2) is 24.3 Å². The van der Waals surface area contributed by atoms with Gasteiger partial charge in [-0.25, -0.2) is 9.18 Å². The molecule has 0 saturated carbocycles. The Labute approximate surface area is 123 Å². The zero-order valence-electron chi connectivity index (χ0n) is 12.7. The maximum Gasteiger partial charge on any atom is 0.328 e. The molecule has 1 aromatic rings. The van der Waals surface area contributed by atoms with E-state index >= 15 is 0 Å². The highest BCUT2D eigenvalue weighted by atomic mass is 19.1. The second kappa shape index (κ2) is 6.52. The van der Waals surface area contributed by atoms with Gasteiger partial charge in [0.05, 0.1) is 5.56 Å². The molecule has 114 valence electrons. The number of halogens is 1. The number of amides is 1. The van der Waals surface area contributed by atoms with Crippen molar-refractivity contribution in [2.24, 2.45) is 5.41 Å². The summed E-state index contributed by atoms with van der Waals surface area (Å²) in [5, 5.41) is 8.59. The minimum Gasteiger partial charge on any atom is -0.478 e. The maximum absolute atomic E-state index is 13.8. The Hall–Kier alpha value is -2.17. The third kappa shape index (κ3) is 5.38. The summed E-state index contributed by atoms with van der Waals surface area (Å²) in [7, 11) is 1.62. The number of nitrogens with zero attached hydrogens (tertiary/aromatic N) is 1. The fourth-order valence-electron chi connectivity index (χ4n) is 1.97. The minimum atomic E-state index is -1.10. The van der Waals surface area contributed by atoms with E-state index < -0.39 is 17.7 Å². The van der Waals surface area contributed by atoms with E-state index in [1.54, 1.807) is 7.05 Å². The Balaban J connectivity index is 3.03. The van der Waals surface area contributed by atoms with E-state index in [9.17, 15) is 14.0 Å². The summed E-state index contributed by atoms with van der Waals surface area (Å²) in [6, 6.07) is 3.95. The van der Waals surface area contributed by atoms with Gasteiger partial charge in [0.1, 0.15) is 5.82 Å². The van der Waals surface area contributed by atoms with Gasteiger partial charge in [0, 0.05) is 19.7 Å². The van der Waals surface area contributed by atoms with Gasteiger partial charge >= 0.3 is 5.97 Å². The summed E-state index contributed by atoms with van der Waals surface area (Å²) in [5.41, 5.74) is 0.308. The van der Waals surface area contributed by atoms with Gasteiger partial charge in [-0.3, -0.25) is 4.79 Å². The van der Waals surface area contributed by atoms with Crippen LogP contribution in [0.4, 0.5) is 4.39 Å². The molecule has 0 fully saturated rings. The van der Waals surface area contributed by atoms with Crippen LogP contribution in [0.5, 0.6) is 0 Å². The number of carbonyl (C=O) groups excluding carboxylic acids is 1. The molecule has 0 radical (unpaired) electrons. The van der Waals surface area contributed by atoms with Crippen LogP contribution in [0, 0.1) is 11.2 Å². The van der Waals surface area contributed by atoms with Crippen molar-refractivity contribution in [2.45, 2.75) is 20.8 Å². The summed E-state index contributed by atoms with van der Waals surface area (Å²) in [4.78, 5) is 24.2. The van der Waals surface area contributed by atoms with Crippen LogP contribution in [0.3, 0.4) is 0 Å². The van der Waals surface area contributed by atoms with Crippen molar-refractivity contribution in [3.05, 3.63) is 41.2 Å². The van der Waals surface area contributed by atoms with Gasteiger partial charge in [0.25, 0.3) is 5.91 Å². The van der Waals surface area contributed by atoms with Crippen LogP contribution in [-0.4, -0.2) is 35.5 Å². The number of hydrogen-bond acceptors (Lipinski definition) is 2. The molecule has 0 heterocycles. The quantitative estimate of drug-likeness (QED) is 0.868. The second-order valence-corrected chi connectivity index (χ2v) is 6.13. The topological polar surface area (TPSA) is 57.6 Å². The van der Waals surface area contributed by atoms with Crippen molar-refractivity contribution in [1.29, 1.82) is 0 Å². The summed E-state index contributed by atoms with van der Waals surface area (Å²) in [6.07, 6.45) is 2.27.